The number of aromatic nitrogens is 2. The van der Waals surface area contributed by atoms with Crippen molar-refractivity contribution >= 4 is 38.9 Å². The highest BCUT2D eigenvalue weighted by Gasteiger charge is 2.31. The van der Waals surface area contributed by atoms with Gasteiger partial charge in [0, 0.05) is 50.6 Å². The summed E-state index contributed by atoms with van der Waals surface area (Å²) < 4.78 is 2.44. The Bertz CT molecular complexity index is 2400. The largest absolute Gasteiger partial charge is 0.309 e. The Morgan fingerprint density at radius 1 is 0.533 bits per heavy atom. The van der Waals surface area contributed by atoms with E-state index in [0.717, 1.165) is 44.8 Å². The van der Waals surface area contributed by atoms with Crippen molar-refractivity contribution in [2.75, 3.05) is 4.90 Å². The van der Waals surface area contributed by atoms with Crippen LogP contribution in [0.1, 0.15) is 5.56 Å². The number of benzene rings is 6. The van der Waals surface area contributed by atoms with Crippen molar-refractivity contribution in [1.82, 2.24) is 9.55 Å². The number of hydrogen-bond donors (Lipinski definition) is 0. The quantitative estimate of drug-likeness (QED) is 0.209. The summed E-state index contributed by atoms with van der Waals surface area (Å²) in [5.41, 5.74) is 15.1. The summed E-state index contributed by atoms with van der Waals surface area (Å²) in [7, 11) is 0. The van der Waals surface area contributed by atoms with E-state index in [1.807, 2.05) is 12.3 Å². The van der Waals surface area contributed by atoms with Gasteiger partial charge in [-0.1, -0.05) is 103 Å². The topological polar surface area (TPSA) is 21.1 Å². The molecule has 3 heteroatoms. The molecule has 0 amide bonds. The summed E-state index contributed by atoms with van der Waals surface area (Å²) in [6.07, 6.45) is 1.98. The van der Waals surface area contributed by atoms with Crippen LogP contribution in [0.25, 0.3) is 61.0 Å². The Balaban J connectivity index is 1.33. The fourth-order valence-corrected chi connectivity index (χ4v) is 6.94. The maximum absolute atomic E-state index is 4.76. The van der Waals surface area contributed by atoms with Crippen molar-refractivity contribution in [3.8, 4) is 39.2 Å². The molecule has 0 radical (unpaired) electrons. The number of aryl methyl sites for hydroxylation is 1. The van der Waals surface area contributed by atoms with Gasteiger partial charge >= 0.3 is 0 Å². The number of rotatable bonds is 3. The van der Waals surface area contributed by atoms with Crippen LogP contribution in [0.15, 0.2) is 158 Å². The van der Waals surface area contributed by atoms with Crippen molar-refractivity contribution in [3.63, 3.8) is 0 Å². The number of nitrogens with zero attached hydrogens (tertiary/aromatic N) is 3. The third-order valence-electron chi connectivity index (χ3n) is 9.01. The molecule has 3 heterocycles. The minimum Gasteiger partial charge on any atom is -0.309 e. The summed E-state index contributed by atoms with van der Waals surface area (Å²) >= 11 is 0. The molecule has 8 aromatic rings. The molecule has 0 atom stereocenters. The molecule has 2 aromatic heterocycles. The van der Waals surface area contributed by atoms with Crippen molar-refractivity contribution < 1.29 is 0 Å². The number of fused-ring (bicyclic) bond motifs is 8. The predicted octanol–water partition coefficient (Wildman–Crippen LogP) is 11.3. The Kier molecular flexibility index (Phi) is 5.72. The van der Waals surface area contributed by atoms with E-state index in [-0.39, 0.29) is 0 Å². The van der Waals surface area contributed by atoms with Crippen molar-refractivity contribution in [2.45, 2.75) is 6.92 Å². The van der Waals surface area contributed by atoms with Crippen LogP contribution in [0.2, 0.25) is 0 Å². The Morgan fingerprint density at radius 2 is 1.24 bits per heavy atom. The molecule has 1 aliphatic heterocycles. The first kappa shape index (κ1) is 25.6. The van der Waals surface area contributed by atoms with Crippen LogP contribution >= 0.6 is 0 Å². The normalized spacial score (nSPS) is 12.1. The van der Waals surface area contributed by atoms with Crippen molar-refractivity contribution in [3.05, 3.63) is 163 Å². The van der Waals surface area contributed by atoms with E-state index in [4.69, 9.17) is 4.98 Å². The SMILES string of the molecule is Cc1ccc(-n2c3c(c4ccccc42)-c2ccccc2N(c2cccc(-c4cnc5ccccc5c4)c2)c2ccccc2-3)cc1. The van der Waals surface area contributed by atoms with Crippen LogP contribution in [0.3, 0.4) is 0 Å². The molecule has 0 spiro atoms. The minimum absolute atomic E-state index is 1.01. The minimum atomic E-state index is 1.01. The second-order valence-corrected chi connectivity index (χ2v) is 11.7. The van der Waals surface area contributed by atoms with Crippen molar-refractivity contribution in [2.24, 2.45) is 0 Å². The van der Waals surface area contributed by atoms with E-state index in [9.17, 15) is 0 Å². The zero-order valence-corrected chi connectivity index (χ0v) is 24.9. The molecular weight excluding hydrogens is 546 g/mol. The molecule has 212 valence electrons. The van der Waals surface area contributed by atoms with Gasteiger partial charge in [-0.3, -0.25) is 4.98 Å². The standard InChI is InChI=1S/C42H29N3/c1-28-21-23-32(24-22-28)45-39-19-8-4-15-35(39)41-34-14-3-7-18-38(34)44(40-20-9-5-16-36(40)42(41)45)33-13-10-12-29(26-33)31-25-30-11-2-6-17-37(30)43-27-31/h2-27H,1H3. The third kappa shape index (κ3) is 4.01. The second-order valence-electron chi connectivity index (χ2n) is 11.7. The predicted molar refractivity (Wildman–Crippen MR) is 188 cm³/mol. The van der Waals surface area contributed by atoms with Gasteiger partial charge in [0.1, 0.15) is 0 Å². The lowest BCUT2D eigenvalue weighted by Crippen LogP contribution is -2.11. The molecule has 0 saturated heterocycles. The molecular formula is C42H29N3. The lowest BCUT2D eigenvalue weighted by Gasteiger charge is -2.28. The van der Waals surface area contributed by atoms with Gasteiger partial charge in [0.25, 0.3) is 0 Å². The lowest BCUT2D eigenvalue weighted by molar-refractivity contribution is 1.13. The number of hydrogen-bond acceptors (Lipinski definition) is 2. The van der Waals surface area contributed by atoms with Gasteiger partial charge in [0.2, 0.25) is 0 Å². The van der Waals surface area contributed by atoms with Gasteiger partial charge in [-0.2, -0.15) is 0 Å². The molecule has 0 saturated carbocycles. The first-order chi connectivity index (χ1) is 22.2. The monoisotopic (exact) mass is 575 g/mol. The summed E-state index contributed by atoms with van der Waals surface area (Å²) in [5.74, 6) is 0. The molecule has 1 aliphatic rings. The first-order valence-corrected chi connectivity index (χ1v) is 15.4. The van der Waals surface area contributed by atoms with Crippen LogP contribution < -0.4 is 4.90 Å². The highest BCUT2D eigenvalue weighted by atomic mass is 15.2. The van der Waals surface area contributed by atoms with Crippen LogP contribution in [-0.4, -0.2) is 9.55 Å². The van der Waals surface area contributed by atoms with Gasteiger partial charge in [0.05, 0.1) is 28.1 Å². The fourth-order valence-electron chi connectivity index (χ4n) is 6.94. The highest BCUT2D eigenvalue weighted by molar-refractivity contribution is 6.13. The number of anilines is 3. The third-order valence-corrected chi connectivity index (χ3v) is 9.01. The second kappa shape index (κ2) is 10.1. The Morgan fingerprint density at radius 3 is 2.11 bits per heavy atom. The molecule has 0 aliphatic carbocycles. The average Bonchev–Trinajstić information content (AvgIpc) is 3.37. The van der Waals surface area contributed by atoms with E-state index >= 15 is 0 Å². The molecule has 0 N–H and O–H groups in total. The van der Waals surface area contributed by atoms with Crippen LogP contribution in [0.5, 0.6) is 0 Å². The van der Waals surface area contributed by atoms with E-state index in [1.165, 1.54) is 38.9 Å². The smallest absolute Gasteiger partial charge is 0.0702 e. The zero-order valence-electron chi connectivity index (χ0n) is 24.9. The maximum Gasteiger partial charge on any atom is 0.0702 e. The molecule has 9 rings (SSSR count). The molecule has 6 aromatic carbocycles. The van der Waals surface area contributed by atoms with Gasteiger partial charge in [0.15, 0.2) is 0 Å². The number of pyridine rings is 1. The van der Waals surface area contributed by atoms with Crippen LogP contribution in [0.4, 0.5) is 17.1 Å². The van der Waals surface area contributed by atoms with Crippen LogP contribution in [0, 0.1) is 6.92 Å². The molecule has 45 heavy (non-hydrogen) atoms. The highest BCUT2D eigenvalue weighted by Crippen LogP contribution is 2.54. The lowest BCUT2D eigenvalue weighted by atomic mass is 9.98. The molecule has 0 bridgehead atoms. The van der Waals surface area contributed by atoms with Crippen LogP contribution in [-0.2, 0) is 0 Å². The van der Waals surface area contributed by atoms with E-state index in [2.05, 4.69) is 162 Å². The van der Waals surface area contributed by atoms with E-state index in [0.29, 0.717) is 0 Å². The maximum atomic E-state index is 4.76. The molecule has 0 unspecified atom stereocenters. The molecule has 3 nitrogen and oxygen atoms in total. The van der Waals surface area contributed by atoms with Gasteiger partial charge in [-0.15, -0.1) is 0 Å². The molecule has 0 fully saturated rings. The number of para-hydroxylation sites is 4. The summed E-state index contributed by atoms with van der Waals surface area (Å²) in [4.78, 5) is 7.19. The fraction of sp³-hybridized carbons (Fsp3) is 0.0238. The van der Waals surface area contributed by atoms with Gasteiger partial charge in [-0.25, -0.2) is 0 Å². The van der Waals surface area contributed by atoms with Gasteiger partial charge in [-0.05, 0) is 67.1 Å². The van der Waals surface area contributed by atoms with E-state index in [1.54, 1.807) is 0 Å². The Labute approximate surface area is 262 Å². The summed E-state index contributed by atoms with van der Waals surface area (Å²) in [6, 6.07) is 54.7. The first-order valence-electron chi connectivity index (χ1n) is 15.4. The van der Waals surface area contributed by atoms with Gasteiger partial charge < -0.3 is 9.47 Å². The summed E-state index contributed by atoms with van der Waals surface area (Å²) in [6.45, 7) is 2.14. The Hall–Kier alpha value is -5.93. The van der Waals surface area contributed by atoms with Crippen molar-refractivity contribution in [1.29, 1.82) is 0 Å². The summed E-state index contributed by atoms with van der Waals surface area (Å²) in [5, 5.41) is 2.38. The van der Waals surface area contributed by atoms with E-state index < -0.39 is 0 Å². The average molecular weight is 576 g/mol. The zero-order chi connectivity index (χ0) is 29.9.